The van der Waals surface area contributed by atoms with Gasteiger partial charge in [0.15, 0.2) is 0 Å². The zero-order valence-electron chi connectivity index (χ0n) is 21.7. The number of esters is 1. The summed E-state index contributed by atoms with van der Waals surface area (Å²) in [6.45, 7) is 8.46. The Morgan fingerprint density at radius 3 is 1.87 bits per heavy atom. The van der Waals surface area contributed by atoms with Crippen LogP contribution >= 0.6 is 0 Å². The molecule has 186 valence electrons. The van der Waals surface area contributed by atoms with Crippen LogP contribution in [-0.4, -0.2) is 51.2 Å². The van der Waals surface area contributed by atoms with E-state index in [0.29, 0.717) is 6.61 Å². The zero-order chi connectivity index (χ0) is 23.0. The van der Waals surface area contributed by atoms with Gasteiger partial charge in [-0.3, -0.25) is 4.79 Å². The van der Waals surface area contributed by atoms with E-state index < -0.39 is 0 Å². The van der Waals surface area contributed by atoms with E-state index in [4.69, 9.17) is 4.74 Å². The number of carbonyl (C=O) groups excluding carboxylic acids is 1. The summed E-state index contributed by atoms with van der Waals surface area (Å²) in [4.78, 5) is 14.8. The van der Waals surface area contributed by atoms with Gasteiger partial charge in [-0.25, -0.2) is 0 Å². The van der Waals surface area contributed by atoms with Gasteiger partial charge < -0.3 is 15.0 Å². The quantitative estimate of drug-likeness (QED) is 0.130. The van der Waals surface area contributed by atoms with Crippen LogP contribution in [0, 0.1) is 5.92 Å². The van der Waals surface area contributed by atoms with E-state index in [1.54, 1.807) is 0 Å². The smallest absolute Gasteiger partial charge is 0.308 e. The molecule has 0 aliphatic rings. The van der Waals surface area contributed by atoms with Crippen molar-refractivity contribution in [3.8, 4) is 0 Å². The number of nitrogens with zero attached hydrogens (tertiary/aromatic N) is 1. The highest BCUT2D eigenvalue weighted by Gasteiger charge is 2.19. The van der Waals surface area contributed by atoms with Gasteiger partial charge in [0.1, 0.15) is 0 Å². The lowest BCUT2D eigenvalue weighted by molar-refractivity contribution is -0.149. The molecule has 0 spiro atoms. The molecule has 0 aliphatic carbocycles. The molecule has 31 heavy (non-hydrogen) atoms. The molecule has 1 atom stereocenters. The second kappa shape index (κ2) is 24.0. The van der Waals surface area contributed by atoms with Crippen molar-refractivity contribution in [1.82, 2.24) is 10.2 Å². The Morgan fingerprint density at radius 2 is 1.23 bits per heavy atom. The fourth-order valence-electron chi connectivity index (χ4n) is 4.01. The van der Waals surface area contributed by atoms with Crippen molar-refractivity contribution >= 4 is 5.97 Å². The number of unbranched alkanes of at least 4 members (excludes halogenated alkanes) is 11. The molecule has 0 saturated heterocycles. The van der Waals surface area contributed by atoms with Crippen LogP contribution < -0.4 is 5.32 Å². The maximum absolute atomic E-state index is 12.6. The molecular weight excluding hydrogens is 384 g/mol. The number of rotatable bonds is 24. The van der Waals surface area contributed by atoms with Gasteiger partial charge in [0.05, 0.1) is 12.5 Å². The predicted octanol–water partition coefficient (Wildman–Crippen LogP) is 6.97. The molecule has 4 nitrogen and oxygen atoms in total. The monoisotopic (exact) mass is 440 g/mol. The van der Waals surface area contributed by atoms with E-state index >= 15 is 0 Å². The summed E-state index contributed by atoms with van der Waals surface area (Å²) >= 11 is 0. The van der Waals surface area contributed by atoms with Crippen LogP contribution in [0.4, 0.5) is 0 Å². The van der Waals surface area contributed by atoms with E-state index in [2.05, 4.69) is 38.2 Å². The first-order chi connectivity index (χ1) is 15.1. The van der Waals surface area contributed by atoms with Crippen LogP contribution in [0.3, 0.4) is 0 Å². The Morgan fingerprint density at radius 1 is 0.710 bits per heavy atom. The molecule has 0 aromatic carbocycles. The number of hydrogen-bond acceptors (Lipinski definition) is 4. The van der Waals surface area contributed by atoms with E-state index in [-0.39, 0.29) is 11.9 Å². The van der Waals surface area contributed by atoms with Crippen LogP contribution in [0.5, 0.6) is 0 Å². The molecule has 0 aromatic heterocycles. The Bertz CT molecular complexity index is 374. The first-order valence-corrected chi connectivity index (χ1v) is 13.6. The van der Waals surface area contributed by atoms with E-state index in [1.165, 1.54) is 83.5 Å². The topological polar surface area (TPSA) is 41.6 Å². The summed E-state index contributed by atoms with van der Waals surface area (Å²) in [5.74, 6) is 0.210. The third kappa shape index (κ3) is 22.4. The van der Waals surface area contributed by atoms with Crippen LogP contribution in [0.25, 0.3) is 0 Å². The molecule has 0 saturated carbocycles. The normalized spacial score (nSPS) is 12.4. The van der Waals surface area contributed by atoms with E-state index in [1.807, 2.05) is 0 Å². The summed E-state index contributed by atoms with van der Waals surface area (Å²) in [6.07, 6.45) is 20.5. The second-order valence-electron chi connectivity index (χ2n) is 9.59. The van der Waals surface area contributed by atoms with Gasteiger partial charge in [0.2, 0.25) is 0 Å². The van der Waals surface area contributed by atoms with Crippen LogP contribution in [0.15, 0.2) is 0 Å². The molecule has 1 unspecified atom stereocenters. The number of ether oxygens (including phenoxy) is 1. The van der Waals surface area contributed by atoms with E-state index in [0.717, 1.165) is 45.3 Å². The first-order valence-electron chi connectivity index (χ1n) is 13.6. The molecule has 1 N–H and O–H groups in total. The Hall–Kier alpha value is -0.610. The van der Waals surface area contributed by atoms with Gasteiger partial charge in [-0.1, -0.05) is 90.9 Å². The average Bonchev–Trinajstić information content (AvgIpc) is 2.75. The van der Waals surface area contributed by atoms with Gasteiger partial charge >= 0.3 is 5.97 Å². The summed E-state index contributed by atoms with van der Waals surface area (Å²) in [5.41, 5.74) is 0. The molecular formula is C27H56N2O2. The molecule has 0 amide bonds. The zero-order valence-corrected chi connectivity index (χ0v) is 21.7. The maximum atomic E-state index is 12.6. The van der Waals surface area contributed by atoms with Crippen molar-refractivity contribution in [3.05, 3.63) is 0 Å². The van der Waals surface area contributed by atoms with Crippen molar-refractivity contribution in [3.63, 3.8) is 0 Å². The van der Waals surface area contributed by atoms with Crippen molar-refractivity contribution < 1.29 is 9.53 Å². The minimum absolute atomic E-state index is 0.0765. The van der Waals surface area contributed by atoms with Crippen molar-refractivity contribution in [2.24, 2.45) is 5.92 Å². The number of carbonyl (C=O) groups is 1. The highest BCUT2D eigenvalue weighted by molar-refractivity contribution is 5.72. The molecule has 0 aliphatic heterocycles. The average molecular weight is 441 g/mol. The fraction of sp³-hybridized carbons (Fsp3) is 0.963. The van der Waals surface area contributed by atoms with Crippen molar-refractivity contribution in [2.75, 3.05) is 40.3 Å². The molecule has 0 heterocycles. The van der Waals surface area contributed by atoms with Gasteiger partial charge in [-0.15, -0.1) is 0 Å². The number of hydrogen-bond donors (Lipinski definition) is 1. The van der Waals surface area contributed by atoms with Crippen LogP contribution in [0.1, 0.15) is 123 Å². The minimum atomic E-state index is 0.0765. The first kappa shape index (κ1) is 30.4. The standard InChI is InChI=1S/C27H56N2O2/c1-5-7-9-11-12-16-21-26(20-15-10-8-6-2)27(30)31-25-18-14-13-17-22-28-23-19-24-29(3)4/h26,28H,5-25H2,1-4H3. The molecule has 0 fully saturated rings. The SMILES string of the molecule is CCCCCCCCC(CCCCCC)C(=O)OCCCCCCNCCCN(C)C. The van der Waals surface area contributed by atoms with Gasteiger partial charge in [0, 0.05) is 0 Å². The summed E-state index contributed by atoms with van der Waals surface area (Å²) < 4.78 is 5.68. The second-order valence-corrected chi connectivity index (χ2v) is 9.59. The van der Waals surface area contributed by atoms with E-state index in [9.17, 15) is 4.79 Å². The lowest BCUT2D eigenvalue weighted by Gasteiger charge is -2.16. The maximum Gasteiger partial charge on any atom is 0.308 e. The third-order valence-corrected chi connectivity index (χ3v) is 6.10. The minimum Gasteiger partial charge on any atom is -0.465 e. The summed E-state index contributed by atoms with van der Waals surface area (Å²) in [7, 11) is 4.24. The highest BCUT2D eigenvalue weighted by Crippen LogP contribution is 2.20. The highest BCUT2D eigenvalue weighted by atomic mass is 16.5. The van der Waals surface area contributed by atoms with Gasteiger partial charge in [-0.05, 0) is 65.8 Å². The Balaban J connectivity index is 3.83. The van der Waals surface area contributed by atoms with Gasteiger partial charge in [0.25, 0.3) is 0 Å². The number of nitrogens with one attached hydrogen (secondary N) is 1. The van der Waals surface area contributed by atoms with Crippen LogP contribution in [-0.2, 0) is 9.53 Å². The Kier molecular flexibility index (Phi) is 23.6. The van der Waals surface area contributed by atoms with Crippen LogP contribution in [0.2, 0.25) is 0 Å². The molecule has 4 heteroatoms. The van der Waals surface area contributed by atoms with Crippen molar-refractivity contribution in [2.45, 2.75) is 123 Å². The Labute approximate surface area is 195 Å². The molecule has 0 radical (unpaired) electrons. The lowest BCUT2D eigenvalue weighted by Crippen LogP contribution is -2.22. The van der Waals surface area contributed by atoms with Gasteiger partial charge in [-0.2, -0.15) is 0 Å². The lowest BCUT2D eigenvalue weighted by atomic mass is 9.94. The summed E-state index contributed by atoms with van der Waals surface area (Å²) in [5, 5.41) is 3.52. The van der Waals surface area contributed by atoms with Crippen molar-refractivity contribution in [1.29, 1.82) is 0 Å². The molecule has 0 bridgehead atoms. The summed E-state index contributed by atoms with van der Waals surface area (Å²) in [6, 6.07) is 0. The molecule has 0 rings (SSSR count). The third-order valence-electron chi connectivity index (χ3n) is 6.10. The largest absolute Gasteiger partial charge is 0.465 e. The predicted molar refractivity (Wildman–Crippen MR) is 136 cm³/mol. The molecule has 0 aromatic rings. The fourth-order valence-corrected chi connectivity index (χ4v) is 4.01.